The molecule has 0 aromatic heterocycles. The summed E-state index contributed by atoms with van der Waals surface area (Å²) in [6.07, 6.45) is 1.17. The van der Waals surface area contributed by atoms with Crippen LogP contribution in [0.25, 0.3) is 0 Å². The molecule has 1 nitrogen and oxygen atoms in total. The molecule has 1 aliphatic heterocycles. The summed E-state index contributed by atoms with van der Waals surface area (Å²) in [5, 5.41) is 4.27. The van der Waals surface area contributed by atoms with E-state index in [2.05, 4.69) is 65.1 Å². The third-order valence-corrected chi connectivity index (χ3v) is 5.45. The van der Waals surface area contributed by atoms with E-state index >= 15 is 0 Å². The Morgan fingerprint density at radius 3 is 3.00 bits per heavy atom. The molecule has 0 radical (unpaired) electrons. The molecule has 1 N–H and O–H groups in total. The van der Waals surface area contributed by atoms with Crippen LogP contribution in [0.15, 0.2) is 22.7 Å². The van der Waals surface area contributed by atoms with E-state index in [9.17, 15) is 0 Å². The van der Waals surface area contributed by atoms with Gasteiger partial charge in [0, 0.05) is 28.1 Å². The summed E-state index contributed by atoms with van der Waals surface area (Å²) in [5.41, 5.74) is 2.78. The van der Waals surface area contributed by atoms with E-state index in [1.54, 1.807) is 0 Å². The maximum atomic E-state index is 3.55. The van der Waals surface area contributed by atoms with Gasteiger partial charge >= 0.3 is 0 Å². The normalized spacial score (nSPS) is 25.7. The van der Waals surface area contributed by atoms with E-state index in [-0.39, 0.29) is 0 Å². The molecule has 1 aromatic carbocycles. The first-order chi connectivity index (χ1) is 7.66. The number of aryl methyl sites for hydroxylation is 1. The fourth-order valence-electron chi connectivity index (χ4n) is 2.07. The van der Waals surface area contributed by atoms with E-state index in [1.807, 2.05) is 0 Å². The van der Waals surface area contributed by atoms with Gasteiger partial charge in [-0.05, 0) is 37.5 Å². The van der Waals surface area contributed by atoms with Gasteiger partial charge in [0.2, 0.25) is 0 Å². The van der Waals surface area contributed by atoms with Crippen molar-refractivity contribution in [1.29, 1.82) is 0 Å². The molecule has 2 unspecified atom stereocenters. The molecule has 0 bridgehead atoms. The second-order valence-electron chi connectivity index (χ2n) is 4.44. The van der Waals surface area contributed by atoms with Crippen LogP contribution in [0, 0.1) is 6.92 Å². The third-order valence-electron chi connectivity index (χ3n) is 3.12. The van der Waals surface area contributed by atoms with Crippen molar-refractivity contribution in [2.24, 2.45) is 0 Å². The number of hydrogen-bond donors (Lipinski definition) is 1. The molecule has 0 saturated carbocycles. The van der Waals surface area contributed by atoms with Gasteiger partial charge in [0.1, 0.15) is 0 Å². The Kier molecular flexibility index (Phi) is 4.34. The Balaban J connectivity index is 2.05. The van der Waals surface area contributed by atoms with Crippen LogP contribution in [0.3, 0.4) is 0 Å². The highest BCUT2D eigenvalue weighted by atomic mass is 79.9. The first-order valence-electron chi connectivity index (χ1n) is 5.77. The van der Waals surface area contributed by atoms with Gasteiger partial charge < -0.3 is 5.32 Å². The molecule has 16 heavy (non-hydrogen) atoms. The summed E-state index contributed by atoms with van der Waals surface area (Å²) in [4.78, 5) is 0. The lowest BCUT2D eigenvalue weighted by atomic mass is 10.0. The van der Waals surface area contributed by atoms with Crippen molar-refractivity contribution in [1.82, 2.24) is 5.32 Å². The monoisotopic (exact) mass is 299 g/mol. The Morgan fingerprint density at radius 1 is 1.50 bits per heavy atom. The van der Waals surface area contributed by atoms with Gasteiger partial charge in [0.15, 0.2) is 0 Å². The minimum absolute atomic E-state index is 0.628. The number of benzene rings is 1. The van der Waals surface area contributed by atoms with Gasteiger partial charge in [-0.15, -0.1) is 0 Å². The van der Waals surface area contributed by atoms with Crippen LogP contribution in [0.5, 0.6) is 0 Å². The van der Waals surface area contributed by atoms with Crippen molar-refractivity contribution >= 4 is 27.7 Å². The number of halogens is 1. The number of thioether (sulfide) groups is 1. The lowest BCUT2D eigenvalue weighted by molar-refractivity contribution is 0.529. The largest absolute Gasteiger partial charge is 0.312 e. The maximum absolute atomic E-state index is 3.55. The number of hydrogen-bond acceptors (Lipinski definition) is 2. The molecule has 0 amide bonds. The zero-order chi connectivity index (χ0) is 11.5. The Hall–Kier alpha value is 0.01000. The van der Waals surface area contributed by atoms with E-state index < -0.39 is 0 Å². The van der Waals surface area contributed by atoms with Crippen LogP contribution in [0.4, 0.5) is 0 Å². The van der Waals surface area contributed by atoms with Crippen molar-refractivity contribution in [2.75, 3.05) is 12.3 Å². The summed E-state index contributed by atoms with van der Waals surface area (Å²) in [6, 6.07) is 7.32. The topological polar surface area (TPSA) is 12.0 Å². The fourth-order valence-corrected chi connectivity index (χ4v) is 3.55. The molecule has 3 heteroatoms. The minimum Gasteiger partial charge on any atom is -0.312 e. The lowest BCUT2D eigenvalue weighted by Crippen LogP contribution is -2.42. The third kappa shape index (κ3) is 3.02. The Labute approximate surface area is 111 Å². The standard InChI is InChI=1S/C13H18BrNS/c1-9-7-11(3-4-12(9)14)8-13-10(2)15-5-6-16-13/h3-4,7,10,13,15H,5-6,8H2,1-2H3. The zero-order valence-corrected chi connectivity index (χ0v) is 12.2. The van der Waals surface area contributed by atoms with E-state index in [1.165, 1.54) is 27.8 Å². The van der Waals surface area contributed by atoms with Gasteiger partial charge in [-0.3, -0.25) is 0 Å². The van der Waals surface area contributed by atoms with E-state index in [0.717, 1.165) is 6.54 Å². The van der Waals surface area contributed by atoms with Gasteiger partial charge in [-0.2, -0.15) is 11.8 Å². The van der Waals surface area contributed by atoms with Crippen molar-refractivity contribution < 1.29 is 0 Å². The van der Waals surface area contributed by atoms with Gasteiger partial charge in [0.25, 0.3) is 0 Å². The van der Waals surface area contributed by atoms with Gasteiger partial charge in [0.05, 0.1) is 0 Å². The van der Waals surface area contributed by atoms with Crippen LogP contribution in [0.2, 0.25) is 0 Å². The molecule has 1 aliphatic rings. The first-order valence-corrected chi connectivity index (χ1v) is 7.61. The molecule has 0 spiro atoms. The molecule has 1 aromatic rings. The van der Waals surface area contributed by atoms with Gasteiger partial charge in [-0.25, -0.2) is 0 Å². The van der Waals surface area contributed by atoms with Crippen molar-refractivity contribution in [2.45, 2.75) is 31.6 Å². The smallest absolute Gasteiger partial charge is 0.0239 e. The Bertz CT molecular complexity index is 367. The summed E-state index contributed by atoms with van der Waals surface area (Å²) < 4.78 is 1.21. The fraction of sp³-hybridized carbons (Fsp3) is 0.538. The van der Waals surface area contributed by atoms with E-state index in [4.69, 9.17) is 0 Å². The molecule has 1 heterocycles. The summed E-state index contributed by atoms with van der Waals surface area (Å²) in [5.74, 6) is 1.24. The van der Waals surface area contributed by atoms with Crippen LogP contribution < -0.4 is 5.32 Å². The highest BCUT2D eigenvalue weighted by Crippen LogP contribution is 2.24. The second kappa shape index (κ2) is 5.56. The van der Waals surface area contributed by atoms with Crippen molar-refractivity contribution in [3.63, 3.8) is 0 Å². The van der Waals surface area contributed by atoms with Crippen LogP contribution in [0.1, 0.15) is 18.1 Å². The molecule has 1 saturated heterocycles. The van der Waals surface area contributed by atoms with Crippen LogP contribution in [-0.2, 0) is 6.42 Å². The number of nitrogens with one attached hydrogen (secondary N) is 1. The van der Waals surface area contributed by atoms with Gasteiger partial charge in [-0.1, -0.05) is 28.1 Å². The highest BCUT2D eigenvalue weighted by molar-refractivity contribution is 9.10. The zero-order valence-electron chi connectivity index (χ0n) is 9.79. The SMILES string of the molecule is Cc1cc(CC2SCCNC2C)ccc1Br. The molecule has 2 rings (SSSR count). The molecule has 88 valence electrons. The van der Waals surface area contributed by atoms with Crippen molar-refractivity contribution in [3.05, 3.63) is 33.8 Å². The van der Waals surface area contributed by atoms with Crippen molar-refractivity contribution in [3.8, 4) is 0 Å². The summed E-state index contributed by atoms with van der Waals surface area (Å²) in [6.45, 7) is 5.60. The molecule has 1 fully saturated rings. The van der Waals surface area contributed by atoms with Crippen LogP contribution >= 0.6 is 27.7 Å². The van der Waals surface area contributed by atoms with Crippen LogP contribution in [-0.4, -0.2) is 23.6 Å². The van der Waals surface area contributed by atoms with E-state index in [0.29, 0.717) is 11.3 Å². The minimum atomic E-state index is 0.628. The lowest BCUT2D eigenvalue weighted by Gasteiger charge is -2.29. The average Bonchev–Trinajstić information content (AvgIpc) is 2.27. The molecule has 2 atom stereocenters. The second-order valence-corrected chi connectivity index (χ2v) is 6.64. The summed E-state index contributed by atoms with van der Waals surface area (Å²) >= 11 is 5.65. The quantitative estimate of drug-likeness (QED) is 0.898. The number of rotatable bonds is 2. The maximum Gasteiger partial charge on any atom is 0.0239 e. The summed E-state index contributed by atoms with van der Waals surface area (Å²) in [7, 11) is 0. The average molecular weight is 300 g/mol. The predicted molar refractivity (Wildman–Crippen MR) is 76.3 cm³/mol. The molecular formula is C13H18BrNS. The highest BCUT2D eigenvalue weighted by Gasteiger charge is 2.21. The first kappa shape index (κ1) is 12.5. The molecule has 0 aliphatic carbocycles. The molecular weight excluding hydrogens is 282 g/mol. The predicted octanol–water partition coefficient (Wildman–Crippen LogP) is 3.39. The Morgan fingerprint density at radius 2 is 2.31 bits per heavy atom.